The highest BCUT2D eigenvalue weighted by atomic mass is 19.4. The van der Waals surface area contributed by atoms with Gasteiger partial charge >= 0.3 is 12.1 Å². The molecule has 9 heteroatoms. The van der Waals surface area contributed by atoms with Crippen LogP contribution in [0.4, 0.5) is 24.5 Å². The lowest BCUT2D eigenvalue weighted by atomic mass is 10.1. The summed E-state index contributed by atoms with van der Waals surface area (Å²) >= 11 is 0. The molecule has 0 saturated carbocycles. The van der Waals surface area contributed by atoms with E-state index >= 15 is 0 Å². The Hall–Kier alpha value is -2.32. The van der Waals surface area contributed by atoms with E-state index in [1.165, 1.54) is 14.0 Å². The molecule has 0 aromatic heterocycles. The predicted octanol–water partition coefficient (Wildman–Crippen LogP) is 2.52. The van der Waals surface area contributed by atoms with Crippen LogP contribution in [0.1, 0.15) is 12.5 Å². The molecule has 6 nitrogen and oxygen atoms in total. The molecule has 0 spiro atoms. The molecule has 0 amide bonds. The summed E-state index contributed by atoms with van der Waals surface area (Å²) in [5.41, 5.74) is -2.56. The number of halogens is 3. The average Bonchev–Trinajstić information content (AvgIpc) is 2.34. The first-order valence-electron chi connectivity index (χ1n) is 5.37. The Bertz CT molecular complexity index is 545. The van der Waals surface area contributed by atoms with Crippen LogP contribution in [0, 0.1) is 10.1 Å². The highest BCUT2D eigenvalue weighted by Gasteiger charge is 2.39. The largest absolute Gasteiger partial charge is 0.480 e. The van der Waals surface area contributed by atoms with E-state index < -0.39 is 34.4 Å². The molecule has 0 radical (unpaired) electrons. The fourth-order valence-electron chi connectivity index (χ4n) is 1.52. The van der Waals surface area contributed by atoms with E-state index in [1.807, 2.05) is 0 Å². The van der Waals surface area contributed by atoms with E-state index in [2.05, 4.69) is 0 Å². The maximum atomic E-state index is 12.8. The molecule has 0 saturated heterocycles. The zero-order chi connectivity index (χ0) is 15.7. The lowest BCUT2D eigenvalue weighted by molar-refractivity contribution is -0.388. The first-order chi connectivity index (χ1) is 9.05. The standard InChI is InChI=1S/C11H11F3N2O4/c1-6(10(17)18)15(2)7-3-4-9(16(19)20)8(5-7)11(12,13)14/h3-6H,1-2H3,(H,17,18). The van der Waals surface area contributed by atoms with Crippen LogP contribution in [-0.4, -0.2) is 29.1 Å². The van der Waals surface area contributed by atoms with Crippen LogP contribution < -0.4 is 4.90 Å². The van der Waals surface area contributed by atoms with Gasteiger partial charge in [-0.05, 0) is 19.1 Å². The summed E-state index contributed by atoms with van der Waals surface area (Å²) in [5.74, 6) is -1.22. The first-order valence-corrected chi connectivity index (χ1v) is 5.37. The van der Waals surface area contributed by atoms with Gasteiger partial charge < -0.3 is 10.0 Å². The normalized spacial score (nSPS) is 12.8. The van der Waals surface area contributed by atoms with E-state index in [0.29, 0.717) is 12.1 Å². The number of carboxylic acids is 1. The second-order valence-electron chi connectivity index (χ2n) is 4.08. The summed E-state index contributed by atoms with van der Waals surface area (Å²) in [5, 5.41) is 19.4. The molecule has 0 aliphatic rings. The zero-order valence-electron chi connectivity index (χ0n) is 10.5. The summed E-state index contributed by atoms with van der Waals surface area (Å²) in [6.07, 6.45) is -4.90. The molecule has 0 bridgehead atoms. The van der Waals surface area contributed by atoms with Crippen molar-refractivity contribution < 1.29 is 28.0 Å². The number of carboxylic acid groups (broad SMARTS) is 1. The molecular formula is C11H11F3N2O4. The SMILES string of the molecule is CC(C(=O)O)N(C)c1ccc([N+](=O)[O-])c(C(F)(F)F)c1. The fraction of sp³-hybridized carbons (Fsp3) is 0.364. The lowest BCUT2D eigenvalue weighted by Crippen LogP contribution is -2.35. The second-order valence-corrected chi connectivity index (χ2v) is 4.08. The molecule has 1 unspecified atom stereocenters. The molecule has 1 aromatic rings. The number of benzene rings is 1. The van der Waals surface area contributed by atoms with Gasteiger partial charge in [0.2, 0.25) is 0 Å². The number of hydrogen-bond acceptors (Lipinski definition) is 4. The molecule has 110 valence electrons. The first kappa shape index (κ1) is 15.7. The number of rotatable bonds is 4. The predicted molar refractivity (Wildman–Crippen MR) is 63.6 cm³/mol. The van der Waals surface area contributed by atoms with E-state index in [-0.39, 0.29) is 5.69 Å². The molecule has 0 fully saturated rings. The maximum Gasteiger partial charge on any atom is 0.423 e. The lowest BCUT2D eigenvalue weighted by Gasteiger charge is -2.24. The Morgan fingerprint density at radius 1 is 1.45 bits per heavy atom. The van der Waals surface area contributed by atoms with Crippen molar-refractivity contribution in [2.75, 3.05) is 11.9 Å². The number of alkyl halides is 3. The minimum Gasteiger partial charge on any atom is -0.480 e. The molecule has 1 atom stereocenters. The van der Waals surface area contributed by atoms with Gasteiger partial charge in [0.1, 0.15) is 11.6 Å². The molecule has 0 aliphatic heterocycles. The fourth-order valence-corrected chi connectivity index (χ4v) is 1.52. The van der Waals surface area contributed by atoms with Crippen LogP contribution in [0.5, 0.6) is 0 Å². The molecule has 0 aliphatic carbocycles. The van der Waals surface area contributed by atoms with Crippen molar-refractivity contribution >= 4 is 17.3 Å². The van der Waals surface area contributed by atoms with Gasteiger partial charge in [-0.25, -0.2) is 4.79 Å². The summed E-state index contributed by atoms with van der Waals surface area (Å²) in [6.45, 7) is 1.29. The van der Waals surface area contributed by atoms with E-state index in [0.717, 1.165) is 11.0 Å². The van der Waals surface area contributed by atoms with Crippen molar-refractivity contribution in [2.24, 2.45) is 0 Å². The van der Waals surface area contributed by atoms with Crippen LogP contribution in [0.25, 0.3) is 0 Å². The van der Waals surface area contributed by atoms with E-state index in [4.69, 9.17) is 5.11 Å². The molecule has 1 aromatic carbocycles. The number of aliphatic carboxylic acids is 1. The molecule has 20 heavy (non-hydrogen) atoms. The number of nitro groups is 1. The van der Waals surface area contributed by atoms with Crippen molar-refractivity contribution in [1.29, 1.82) is 0 Å². The average molecular weight is 292 g/mol. The Balaban J connectivity index is 3.33. The number of hydrogen-bond donors (Lipinski definition) is 1. The topological polar surface area (TPSA) is 83.7 Å². The summed E-state index contributed by atoms with van der Waals surface area (Å²) in [4.78, 5) is 21.3. The number of nitrogens with zero attached hydrogens (tertiary/aromatic N) is 2. The van der Waals surface area contributed by atoms with Crippen molar-refractivity contribution in [3.8, 4) is 0 Å². The quantitative estimate of drug-likeness (QED) is 0.681. The van der Waals surface area contributed by atoms with Gasteiger partial charge in [-0.1, -0.05) is 0 Å². The Labute approximate surface area is 111 Å². The maximum absolute atomic E-state index is 12.8. The van der Waals surface area contributed by atoms with Crippen molar-refractivity contribution in [2.45, 2.75) is 19.1 Å². The smallest absolute Gasteiger partial charge is 0.423 e. The van der Waals surface area contributed by atoms with Crippen molar-refractivity contribution in [3.05, 3.63) is 33.9 Å². The third-order valence-electron chi connectivity index (χ3n) is 2.83. The van der Waals surface area contributed by atoms with Crippen LogP contribution in [-0.2, 0) is 11.0 Å². The Morgan fingerprint density at radius 3 is 2.40 bits per heavy atom. The second kappa shape index (κ2) is 5.35. The summed E-state index contributed by atoms with van der Waals surface area (Å²) in [6, 6.07) is 1.28. The third-order valence-corrected chi connectivity index (χ3v) is 2.83. The van der Waals surface area contributed by atoms with Crippen LogP contribution in [0.15, 0.2) is 18.2 Å². The van der Waals surface area contributed by atoms with Crippen LogP contribution in [0.2, 0.25) is 0 Å². The third kappa shape index (κ3) is 3.16. The van der Waals surface area contributed by atoms with Gasteiger partial charge in [-0.3, -0.25) is 10.1 Å². The van der Waals surface area contributed by atoms with Gasteiger partial charge in [0.05, 0.1) is 4.92 Å². The highest BCUT2D eigenvalue weighted by molar-refractivity contribution is 5.77. The summed E-state index contributed by atoms with van der Waals surface area (Å²) in [7, 11) is 1.29. The Kier molecular flexibility index (Phi) is 4.21. The molecular weight excluding hydrogens is 281 g/mol. The van der Waals surface area contributed by atoms with Gasteiger partial charge in [0.25, 0.3) is 5.69 Å². The number of nitro benzene ring substituents is 1. The number of carbonyl (C=O) groups is 1. The van der Waals surface area contributed by atoms with Crippen molar-refractivity contribution in [3.63, 3.8) is 0 Å². The minimum atomic E-state index is -4.90. The van der Waals surface area contributed by atoms with Crippen LogP contribution in [0.3, 0.4) is 0 Å². The molecule has 1 rings (SSSR count). The van der Waals surface area contributed by atoms with Gasteiger partial charge in [0, 0.05) is 18.8 Å². The molecule has 0 heterocycles. The monoisotopic (exact) mass is 292 g/mol. The van der Waals surface area contributed by atoms with Crippen LogP contribution >= 0.6 is 0 Å². The van der Waals surface area contributed by atoms with Gasteiger partial charge in [-0.15, -0.1) is 0 Å². The van der Waals surface area contributed by atoms with E-state index in [9.17, 15) is 28.1 Å². The minimum absolute atomic E-state index is 0.0715. The number of anilines is 1. The van der Waals surface area contributed by atoms with Gasteiger partial charge in [0.15, 0.2) is 0 Å². The zero-order valence-corrected chi connectivity index (χ0v) is 10.5. The van der Waals surface area contributed by atoms with Gasteiger partial charge in [-0.2, -0.15) is 13.2 Å². The number of likely N-dealkylation sites (N-methyl/N-ethyl adjacent to an activating group) is 1. The Morgan fingerprint density at radius 2 is 2.00 bits per heavy atom. The molecule has 1 N–H and O–H groups in total. The van der Waals surface area contributed by atoms with E-state index in [1.54, 1.807) is 0 Å². The van der Waals surface area contributed by atoms with Crippen molar-refractivity contribution in [1.82, 2.24) is 0 Å². The summed E-state index contributed by atoms with van der Waals surface area (Å²) < 4.78 is 38.3. The highest BCUT2D eigenvalue weighted by Crippen LogP contribution is 2.38.